The first-order chi connectivity index (χ1) is 18.2. The molecule has 2 aromatic carbocycles. The molecule has 1 radical (unpaired) electrons. The maximum absolute atomic E-state index is 12.8. The highest BCUT2D eigenvalue weighted by atomic mass is 16.5. The van der Waals surface area contributed by atoms with Crippen molar-refractivity contribution in [1.82, 2.24) is 5.43 Å². The van der Waals surface area contributed by atoms with Gasteiger partial charge in [0.1, 0.15) is 11.5 Å². The fourth-order valence-electron chi connectivity index (χ4n) is 4.02. The highest BCUT2D eigenvalue weighted by Gasteiger charge is 2.35. The minimum atomic E-state index is -1.30. The summed E-state index contributed by atoms with van der Waals surface area (Å²) in [6.45, 7) is 8.51. The van der Waals surface area contributed by atoms with Crippen LogP contribution < -0.4 is 15.1 Å². The Morgan fingerprint density at radius 3 is 2.00 bits per heavy atom. The van der Waals surface area contributed by atoms with E-state index in [-0.39, 0.29) is 18.9 Å². The molecular formula is C28H32N3O7. The predicted octanol–water partition coefficient (Wildman–Crippen LogP) is 4.62. The molecule has 0 saturated carbocycles. The molecular weight excluding hydrogens is 490 g/mol. The fraction of sp³-hybridized carbons (Fsp3) is 0.393. The summed E-state index contributed by atoms with van der Waals surface area (Å²) in [7, 11) is 0. The Balaban J connectivity index is 1.91. The van der Waals surface area contributed by atoms with Crippen molar-refractivity contribution in [3.8, 4) is 11.5 Å². The van der Waals surface area contributed by atoms with Crippen LogP contribution in [0.1, 0.15) is 63.1 Å². The molecule has 0 spiro atoms. The number of fused-ring (bicyclic) bond motifs is 1. The van der Waals surface area contributed by atoms with Gasteiger partial charge in [-0.1, -0.05) is 19.8 Å². The Hall–Kier alpha value is -4.21. The third-order valence-electron chi connectivity index (χ3n) is 5.80. The first kappa shape index (κ1) is 28.4. The summed E-state index contributed by atoms with van der Waals surface area (Å²) < 4.78 is 15.7. The van der Waals surface area contributed by atoms with Crippen molar-refractivity contribution in [3.05, 3.63) is 47.0 Å². The van der Waals surface area contributed by atoms with E-state index in [0.717, 1.165) is 42.6 Å². The number of hydrogen-bond acceptors (Lipinski definition) is 8. The molecule has 0 aromatic heterocycles. The molecule has 0 atom stereocenters. The zero-order valence-electron chi connectivity index (χ0n) is 22.3. The molecule has 0 bridgehead atoms. The Morgan fingerprint density at radius 2 is 1.45 bits per heavy atom. The largest absolute Gasteiger partial charge is 0.459 e. The number of aryl methyl sites for hydroxylation is 2. The molecule has 0 aliphatic carbocycles. The van der Waals surface area contributed by atoms with Crippen molar-refractivity contribution in [2.45, 2.75) is 60.3 Å². The minimum Gasteiger partial charge on any atom is -0.459 e. The second-order valence-corrected chi connectivity index (χ2v) is 8.68. The van der Waals surface area contributed by atoms with Gasteiger partial charge in [-0.25, -0.2) is 14.5 Å². The molecule has 0 saturated heterocycles. The van der Waals surface area contributed by atoms with Gasteiger partial charge in [-0.2, -0.15) is 10.5 Å². The number of amides is 2. The molecule has 3 rings (SSSR count). The maximum Gasteiger partial charge on any atom is 0.397 e. The Kier molecular flexibility index (Phi) is 9.59. The van der Waals surface area contributed by atoms with Crippen LogP contribution in [0.25, 0.3) is 0 Å². The zero-order chi connectivity index (χ0) is 27.8. The van der Waals surface area contributed by atoms with E-state index in [1.807, 2.05) is 12.1 Å². The van der Waals surface area contributed by atoms with Crippen molar-refractivity contribution in [3.63, 3.8) is 0 Å². The van der Waals surface area contributed by atoms with Crippen LogP contribution in [0.5, 0.6) is 11.5 Å². The van der Waals surface area contributed by atoms with Crippen LogP contribution >= 0.6 is 0 Å². The normalized spacial score (nSPS) is 11.7. The van der Waals surface area contributed by atoms with Crippen molar-refractivity contribution < 1.29 is 33.4 Å². The number of imide groups is 1. The maximum atomic E-state index is 12.8. The number of carbonyl (C=O) groups is 4. The zero-order valence-corrected chi connectivity index (χ0v) is 22.3. The summed E-state index contributed by atoms with van der Waals surface area (Å²) in [5.41, 5.74) is 8.05. The second-order valence-electron chi connectivity index (χ2n) is 8.68. The van der Waals surface area contributed by atoms with Gasteiger partial charge in [0.05, 0.1) is 30.3 Å². The third-order valence-corrected chi connectivity index (χ3v) is 5.80. The molecule has 2 aromatic rings. The van der Waals surface area contributed by atoms with Gasteiger partial charge in [0, 0.05) is 5.56 Å². The number of nitrogens with zero attached hydrogens (tertiary/aromatic N) is 3. The number of benzene rings is 2. The van der Waals surface area contributed by atoms with Crippen LogP contribution in [0.4, 0.5) is 11.4 Å². The van der Waals surface area contributed by atoms with Crippen LogP contribution in [0.2, 0.25) is 0 Å². The summed E-state index contributed by atoms with van der Waals surface area (Å²) in [5, 5.41) is 4.32. The Bertz CT molecular complexity index is 1220. The lowest BCUT2D eigenvalue weighted by atomic mass is 10.0. The summed E-state index contributed by atoms with van der Waals surface area (Å²) in [5.74, 6) is -4.05. The van der Waals surface area contributed by atoms with Crippen molar-refractivity contribution >= 4 is 40.8 Å². The third kappa shape index (κ3) is 6.37. The monoisotopic (exact) mass is 522 g/mol. The average molecular weight is 523 g/mol. The van der Waals surface area contributed by atoms with Gasteiger partial charge in [0.2, 0.25) is 0 Å². The summed E-state index contributed by atoms with van der Waals surface area (Å²) in [4.78, 5) is 50.4. The van der Waals surface area contributed by atoms with E-state index in [2.05, 4.69) is 17.5 Å². The van der Waals surface area contributed by atoms with Crippen LogP contribution in [0.3, 0.4) is 0 Å². The van der Waals surface area contributed by atoms with Crippen molar-refractivity contribution in [2.24, 2.45) is 5.10 Å². The van der Waals surface area contributed by atoms with Crippen LogP contribution in [0.15, 0.2) is 35.4 Å². The smallest absolute Gasteiger partial charge is 0.397 e. The first-order valence-electron chi connectivity index (χ1n) is 12.6. The number of esters is 2. The van der Waals surface area contributed by atoms with Gasteiger partial charge in [0.15, 0.2) is 0 Å². The number of unbranched alkanes of at least 4 members (excludes halogenated alkanes) is 2. The van der Waals surface area contributed by atoms with E-state index in [1.165, 1.54) is 26.0 Å². The SMILES string of the molecule is CCCCCC1=N[N]c2ccc(Oc3c(C)cc(N(C(=O)C(=O)OCC)C(=O)C(=O)OCC)cc3C)cc21. The molecule has 201 valence electrons. The van der Waals surface area contributed by atoms with Gasteiger partial charge < -0.3 is 14.2 Å². The number of carbonyl (C=O) groups excluding carboxylic acids is 4. The fourth-order valence-corrected chi connectivity index (χ4v) is 4.02. The van der Waals surface area contributed by atoms with Gasteiger partial charge in [-0.15, -0.1) is 0 Å². The number of hydrogen-bond donors (Lipinski definition) is 0. The number of anilines is 1. The molecule has 10 nitrogen and oxygen atoms in total. The lowest BCUT2D eigenvalue weighted by molar-refractivity contribution is -0.157. The molecule has 10 heteroatoms. The van der Waals surface area contributed by atoms with Crippen molar-refractivity contribution in [1.29, 1.82) is 0 Å². The van der Waals surface area contributed by atoms with Gasteiger partial charge in [-0.3, -0.25) is 9.59 Å². The average Bonchev–Trinajstić information content (AvgIpc) is 3.29. The van der Waals surface area contributed by atoms with Crippen LogP contribution in [0, 0.1) is 13.8 Å². The van der Waals surface area contributed by atoms with E-state index in [9.17, 15) is 19.2 Å². The van der Waals surface area contributed by atoms with Crippen LogP contribution in [-0.4, -0.2) is 42.7 Å². The standard InChI is InChI=1S/C28H32N3O7/c1-6-9-10-11-22-21-16-20(12-13-23(21)30-29-22)38-24-17(4)14-19(15-18(24)5)31(25(32)27(34)36-7-2)26(33)28(35)37-8-3/h12-16H,6-11H2,1-5H3. The highest BCUT2D eigenvalue weighted by Crippen LogP contribution is 2.36. The molecule has 0 N–H and O–H groups in total. The van der Waals surface area contributed by atoms with Crippen LogP contribution in [-0.2, 0) is 28.7 Å². The Labute approximate surface area is 221 Å². The minimum absolute atomic E-state index is 0.0153. The van der Waals surface area contributed by atoms with E-state index in [1.54, 1.807) is 19.9 Å². The lowest BCUT2D eigenvalue weighted by Gasteiger charge is -2.21. The summed E-state index contributed by atoms with van der Waals surface area (Å²) in [6, 6.07) is 8.50. The topological polar surface area (TPSA) is 126 Å². The second kappa shape index (κ2) is 12.8. The van der Waals surface area contributed by atoms with Crippen molar-refractivity contribution in [2.75, 3.05) is 18.1 Å². The van der Waals surface area contributed by atoms with Gasteiger partial charge >= 0.3 is 23.8 Å². The first-order valence-corrected chi connectivity index (χ1v) is 12.6. The molecule has 2 amide bonds. The number of ether oxygens (including phenoxy) is 3. The van der Waals surface area contributed by atoms with E-state index < -0.39 is 23.8 Å². The van der Waals surface area contributed by atoms with Gasteiger partial charge in [0.25, 0.3) is 0 Å². The molecule has 0 fully saturated rings. The predicted molar refractivity (Wildman–Crippen MR) is 141 cm³/mol. The Morgan fingerprint density at radius 1 is 0.842 bits per heavy atom. The molecule has 38 heavy (non-hydrogen) atoms. The lowest BCUT2D eigenvalue weighted by Crippen LogP contribution is -2.46. The van der Waals surface area contributed by atoms with Gasteiger partial charge in [-0.05, 0) is 82.0 Å². The highest BCUT2D eigenvalue weighted by molar-refractivity contribution is 6.52. The van der Waals surface area contributed by atoms with E-state index in [0.29, 0.717) is 27.5 Å². The molecule has 1 aliphatic heterocycles. The summed E-state index contributed by atoms with van der Waals surface area (Å²) in [6.07, 6.45) is 4.09. The molecule has 1 heterocycles. The van der Waals surface area contributed by atoms with E-state index >= 15 is 0 Å². The quantitative estimate of drug-likeness (QED) is 0.267. The number of rotatable bonds is 9. The molecule has 0 unspecified atom stereocenters. The van der Waals surface area contributed by atoms with E-state index in [4.69, 9.17) is 14.2 Å². The molecule has 1 aliphatic rings. The summed E-state index contributed by atoms with van der Waals surface area (Å²) >= 11 is 0.